The second-order valence-electron chi connectivity index (χ2n) is 6.40. The molecule has 2 heterocycles. The van der Waals surface area contributed by atoms with Crippen molar-refractivity contribution in [3.63, 3.8) is 0 Å². The minimum atomic E-state index is -4.75. The second-order valence-corrected chi connectivity index (χ2v) is 9.42. The van der Waals surface area contributed by atoms with E-state index in [9.17, 15) is 21.6 Å². The van der Waals surface area contributed by atoms with E-state index in [1.54, 1.807) is 0 Å². The summed E-state index contributed by atoms with van der Waals surface area (Å²) in [7, 11) is -4.31. The third kappa shape index (κ3) is 3.55. The van der Waals surface area contributed by atoms with Gasteiger partial charge in [-0.1, -0.05) is 30.3 Å². The van der Waals surface area contributed by atoms with Gasteiger partial charge in [-0.05, 0) is 29.7 Å². The molecule has 4 nitrogen and oxygen atoms in total. The second kappa shape index (κ2) is 7.14. The minimum Gasteiger partial charge on any atom is -0.370 e. The molecule has 0 bridgehead atoms. The van der Waals surface area contributed by atoms with Gasteiger partial charge in [0.05, 0.1) is 17.1 Å². The molecule has 1 aromatic heterocycles. The van der Waals surface area contributed by atoms with Gasteiger partial charge in [0.25, 0.3) is 0 Å². The van der Waals surface area contributed by atoms with Gasteiger partial charge >= 0.3 is 6.18 Å². The number of thiophene rings is 1. The predicted octanol–water partition coefficient (Wildman–Crippen LogP) is 4.68. The molecular formula is C19H16F3NO3S2. The zero-order valence-corrected chi connectivity index (χ0v) is 16.2. The number of benzene rings is 2. The Labute approximate surface area is 164 Å². The van der Waals surface area contributed by atoms with Crippen LogP contribution in [-0.2, 0) is 20.9 Å². The zero-order valence-electron chi connectivity index (χ0n) is 14.5. The maximum atomic E-state index is 13.3. The first kappa shape index (κ1) is 19.4. The van der Waals surface area contributed by atoms with Gasteiger partial charge in [-0.15, -0.1) is 11.3 Å². The quantitative estimate of drug-likeness (QED) is 0.610. The summed E-state index contributed by atoms with van der Waals surface area (Å²) < 4.78 is 73.7. The highest BCUT2D eigenvalue weighted by Crippen LogP contribution is 2.38. The van der Waals surface area contributed by atoms with Gasteiger partial charge in [0.1, 0.15) is 6.10 Å². The molecule has 0 N–H and O–H groups in total. The Morgan fingerprint density at radius 1 is 1.07 bits per heavy atom. The fraction of sp³-hybridized carbons (Fsp3) is 0.263. The maximum absolute atomic E-state index is 13.3. The van der Waals surface area contributed by atoms with E-state index in [1.165, 1.54) is 23.5 Å². The number of sulfonamides is 1. The van der Waals surface area contributed by atoms with E-state index < -0.39 is 32.8 Å². The van der Waals surface area contributed by atoms with Gasteiger partial charge in [0, 0.05) is 22.7 Å². The average Bonchev–Trinajstić information content (AvgIpc) is 3.12. The molecular weight excluding hydrogens is 411 g/mol. The van der Waals surface area contributed by atoms with Crippen LogP contribution in [0, 0.1) is 0 Å². The van der Waals surface area contributed by atoms with E-state index in [1.807, 2.05) is 30.3 Å². The molecule has 1 unspecified atom stereocenters. The SMILES string of the molecule is O=S(=O)(c1ccccc1C(F)(F)F)N1CCOC(c2cc3ccccc3s2)C1. The minimum absolute atomic E-state index is 0.00984. The molecule has 0 radical (unpaired) electrons. The summed E-state index contributed by atoms with van der Waals surface area (Å²) >= 11 is 1.49. The predicted molar refractivity (Wildman–Crippen MR) is 101 cm³/mol. The molecule has 0 aliphatic carbocycles. The first-order valence-corrected chi connectivity index (χ1v) is 10.8. The van der Waals surface area contributed by atoms with Crippen LogP contribution in [0.15, 0.2) is 59.5 Å². The number of ether oxygens (including phenoxy) is 1. The Morgan fingerprint density at radius 2 is 1.79 bits per heavy atom. The first-order valence-electron chi connectivity index (χ1n) is 8.53. The largest absolute Gasteiger partial charge is 0.417 e. The lowest BCUT2D eigenvalue weighted by Crippen LogP contribution is -2.42. The fourth-order valence-electron chi connectivity index (χ4n) is 3.24. The summed E-state index contributed by atoms with van der Waals surface area (Å²) in [5.74, 6) is 0. The van der Waals surface area contributed by atoms with Crippen LogP contribution in [-0.4, -0.2) is 32.4 Å². The highest BCUT2D eigenvalue weighted by atomic mass is 32.2. The van der Waals surface area contributed by atoms with Gasteiger partial charge in [-0.25, -0.2) is 8.42 Å². The van der Waals surface area contributed by atoms with Crippen molar-refractivity contribution in [1.82, 2.24) is 4.31 Å². The lowest BCUT2D eigenvalue weighted by atomic mass is 10.2. The average molecular weight is 427 g/mol. The molecule has 9 heteroatoms. The topological polar surface area (TPSA) is 46.6 Å². The summed E-state index contributed by atoms with van der Waals surface area (Å²) in [6, 6.07) is 13.9. The first-order chi connectivity index (χ1) is 13.3. The van der Waals surface area contributed by atoms with Gasteiger partial charge in [0.2, 0.25) is 10.0 Å². The van der Waals surface area contributed by atoms with Crippen LogP contribution in [0.4, 0.5) is 13.2 Å². The van der Waals surface area contributed by atoms with E-state index in [0.29, 0.717) is 0 Å². The standard InChI is InChI=1S/C19H16F3NO3S2/c20-19(21,22)14-6-2-4-8-18(14)28(24,25)23-9-10-26-15(12-23)17-11-13-5-1-3-7-16(13)27-17/h1-8,11,15H,9-10,12H2. The highest BCUT2D eigenvalue weighted by molar-refractivity contribution is 7.89. The monoisotopic (exact) mass is 427 g/mol. The van der Waals surface area contributed by atoms with E-state index in [0.717, 1.165) is 31.4 Å². The number of fused-ring (bicyclic) bond motifs is 1. The van der Waals surface area contributed by atoms with Gasteiger partial charge in [0.15, 0.2) is 0 Å². The van der Waals surface area contributed by atoms with E-state index in [-0.39, 0.29) is 19.7 Å². The van der Waals surface area contributed by atoms with Crippen LogP contribution in [0.3, 0.4) is 0 Å². The number of alkyl halides is 3. The lowest BCUT2D eigenvalue weighted by molar-refractivity contribution is -0.139. The Kier molecular flexibility index (Phi) is 4.95. The molecule has 1 atom stereocenters. The Balaban J connectivity index is 1.66. The molecule has 1 saturated heterocycles. The molecule has 0 amide bonds. The Hall–Kier alpha value is -1.94. The van der Waals surface area contributed by atoms with Crippen molar-refractivity contribution in [2.75, 3.05) is 19.7 Å². The van der Waals surface area contributed by atoms with Crippen LogP contribution < -0.4 is 0 Å². The van der Waals surface area contributed by atoms with Gasteiger partial charge in [-0.3, -0.25) is 0 Å². The molecule has 3 aromatic rings. The van der Waals surface area contributed by atoms with Crippen molar-refractivity contribution in [2.24, 2.45) is 0 Å². The number of rotatable bonds is 3. The molecule has 1 fully saturated rings. The van der Waals surface area contributed by atoms with Crippen LogP contribution in [0.1, 0.15) is 16.5 Å². The summed E-state index contributed by atoms with van der Waals surface area (Å²) in [4.78, 5) is 0.129. The number of hydrogen-bond acceptors (Lipinski definition) is 4. The molecule has 1 aliphatic rings. The third-order valence-corrected chi connectivity index (χ3v) is 7.73. The third-order valence-electron chi connectivity index (χ3n) is 4.60. The van der Waals surface area contributed by atoms with Crippen LogP contribution in [0.2, 0.25) is 0 Å². The van der Waals surface area contributed by atoms with Crippen molar-refractivity contribution in [3.8, 4) is 0 Å². The molecule has 0 spiro atoms. The molecule has 2 aromatic carbocycles. The molecule has 4 rings (SSSR count). The molecule has 28 heavy (non-hydrogen) atoms. The van der Waals surface area contributed by atoms with Crippen molar-refractivity contribution < 1.29 is 26.3 Å². The van der Waals surface area contributed by atoms with Crippen molar-refractivity contribution in [2.45, 2.75) is 17.2 Å². The smallest absolute Gasteiger partial charge is 0.370 e. The molecule has 1 aliphatic heterocycles. The Bertz CT molecular complexity index is 1080. The summed E-state index contributed by atoms with van der Waals surface area (Å²) in [5, 5.41) is 1.02. The normalized spacial score (nSPS) is 19.2. The van der Waals surface area contributed by atoms with Crippen LogP contribution in [0.5, 0.6) is 0 Å². The summed E-state index contributed by atoms with van der Waals surface area (Å²) in [5.41, 5.74) is -1.15. The van der Waals surface area contributed by atoms with Gasteiger partial charge in [-0.2, -0.15) is 17.5 Å². The van der Waals surface area contributed by atoms with Crippen molar-refractivity contribution in [3.05, 3.63) is 65.0 Å². The zero-order chi connectivity index (χ0) is 19.9. The highest BCUT2D eigenvalue weighted by Gasteiger charge is 2.40. The van der Waals surface area contributed by atoms with Crippen LogP contribution in [0.25, 0.3) is 10.1 Å². The number of nitrogens with zero attached hydrogens (tertiary/aromatic N) is 1. The Morgan fingerprint density at radius 3 is 2.54 bits per heavy atom. The maximum Gasteiger partial charge on any atom is 0.417 e. The molecule has 0 saturated carbocycles. The fourth-order valence-corrected chi connectivity index (χ4v) is 5.98. The van der Waals surface area contributed by atoms with Crippen molar-refractivity contribution >= 4 is 31.4 Å². The summed E-state index contributed by atoms with van der Waals surface area (Å²) in [6.07, 6.45) is -5.26. The van der Waals surface area contributed by atoms with E-state index in [2.05, 4.69) is 0 Å². The summed E-state index contributed by atoms with van der Waals surface area (Å²) in [6.45, 7) is 0.101. The number of halogens is 3. The van der Waals surface area contributed by atoms with Crippen molar-refractivity contribution in [1.29, 1.82) is 0 Å². The number of morpholine rings is 1. The van der Waals surface area contributed by atoms with Crippen LogP contribution >= 0.6 is 11.3 Å². The number of hydrogen-bond donors (Lipinski definition) is 0. The van der Waals surface area contributed by atoms with E-state index >= 15 is 0 Å². The van der Waals surface area contributed by atoms with E-state index in [4.69, 9.17) is 4.74 Å². The molecule has 148 valence electrons. The lowest BCUT2D eigenvalue weighted by Gasteiger charge is -2.32. The van der Waals surface area contributed by atoms with Gasteiger partial charge < -0.3 is 4.74 Å².